The van der Waals surface area contributed by atoms with Gasteiger partial charge in [0.1, 0.15) is 0 Å². The highest BCUT2D eigenvalue weighted by Gasteiger charge is 2.33. The van der Waals surface area contributed by atoms with E-state index in [2.05, 4.69) is 9.89 Å². The Morgan fingerprint density at radius 1 is 1.50 bits per heavy atom. The molecule has 0 aromatic heterocycles. The molecule has 3 atom stereocenters. The fraction of sp³-hybridized carbons (Fsp3) is 0.889. The second-order valence-electron chi connectivity index (χ2n) is 3.87. The topological polar surface area (TPSA) is 41.6 Å². The molecule has 3 heteroatoms. The third-order valence-corrected chi connectivity index (χ3v) is 2.94. The highest BCUT2D eigenvalue weighted by Crippen LogP contribution is 2.28. The van der Waals surface area contributed by atoms with Gasteiger partial charge in [0.15, 0.2) is 0 Å². The zero-order valence-corrected chi connectivity index (χ0v) is 7.61. The first-order chi connectivity index (χ1) is 5.79. The molecule has 68 valence electrons. The molecule has 0 radical (unpaired) electrons. The molecule has 1 saturated carbocycles. The van der Waals surface area contributed by atoms with Gasteiger partial charge in [-0.2, -0.15) is 0 Å². The van der Waals surface area contributed by atoms with Crippen molar-refractivity contribution in [1.82, 2.24) is 4.90 Å². The van der Waals surface area contributed by atoms with Crippen LogP contribution in [0.2, 0.25) is 0 Å². The van der Waals surface area contributed by atoms with Gasteiger partial charge >= 0.3 is 0 Å². The SMILES string of the molecule is CC(N)N1C=NC2CCCCC21. The summed E-state index contributed by atoms with van der Waals surface area (Å²) in [6.45, 7) is 2.03. The fourth-order valence-electron chi connectivity index (χ4n) is 2.27. The molecule has 1 aliphatic heterocycles. The van der Waals surface area contributed by atoms with E-state index in [0.29, 0.717) is 12.1 Å². The molecular formula is C9H17N3. The van der Waals surface area contributed by atoms with E-state index in [4.69, 9.17) is 5.73 Å². The van der Waals surface area contributed by atoms with Crippen LogP contribution in [0.5, 0.6) is 0 Å². The van der Waals surface area contributed by atoms with Crippen LogP contribution in [-0.2, 0) is 0 Å². The minimum atomic E-state index is 0.127. The number of aliphatic imine (C=N–C) groups is 1. The molecule has 0 bridgehead atoms. The molecule has 3 unspecified atom stereocenters. The Bertz CT molecular complexity index is 188. The average Bonchev–Trinajstić information content (AvgIpc) is 2.47. The summed E-state index contributed by atoms with van der Waals surface area (Å²) in [6.07, 6.45) is 7.28. The molecule has 2 N–H and O–H groups in total. The lowest BCUT2D eigenvalue weighted by molar-refractivity contribution is 0.211. The Balaban J connectivity index is 2.05. The van der Waals surface area contributed by atoms with E-state index in [1.807, 2.05) is 13.3 Å². The van der Waals surface area contributed by atoms with Gasteiger partial charge in [-0.05, 0) is 19.8 Å². The van der Waals surface area contributed by atoms with Gasteiger partial charge in [-0.3, -0.25) is 4.99 Å². The summed E-state index contributed by atoms with van der Waals surface area (Å²) < 4.78 is 0. The van der Waals surface area contributed by atoms with Gasteiger partial charge < -0.3 is 10.6 Å². The number of fused-ring (bicyclic) bond motifs is 1. The molecule has 1 aliphatic carbocycles. The van der Waals surface area contributed by atoms with Crippen molar-refractivity contribution in [3.8, 4) is 0 Å². The van der Waals surface area contributed by atoms with Crippen molar-refractivity contribution in [1.29, 1.82) is 0 Å². The molecule has 0 aromatic carbocycles. The van der Waals surface area contributed by atoms with Crippen LogP contribution in [0.25, 0.3) is 0 Å². The Morgan fingerprint density at radius 2 is 2.25 bits per heavy atom. The van der Waals surface area contributed by atoms with Crippen molar-refractivity contribution in [2.24, 2.45) is 10.7 Å². The maximum absolute atomic E-state index is 5.84. The fourth-order valence-corrected chi connectivity index (χ4v) is 2.27. The third kappa shape index (κ3) is 1.22. The van der Waals surface area contributed by atoms with Crippen LogP contribution in [0, 0.1) is 0 Å². The van der Waals surface area contributed by atoms with Gasteiger partial charge in [0.05, 0.1) is 24.6 Å². The lowest BCUT2D eigenvalue weighted by Gasteiger charge is -2.33. The van der Waals surface area contributed by atoms with Gasteiger partial charge in [-0.15, -0.1) is 0 Å². The Kier molecular flexibility index (Phi) is 2.05. The average molecular weight is 167 g/mol. The van der Waals surface area contributed by atoms with E-state index in [9.17, 15) is 0 Å². The van der Waals surface area contributed by atoms with Crippen LogP contribution in [-0.4, -0.2) is 29.5 Å². The first-order valence-electron chi connectivity index (χ1n) is 4.85. The molecule has 0 saturated heterocycles. The van der Waals surface area contributed by atoms with E-state index in [1.165, 1.54) is 25.7 Å². The van der Waals surface area contributed by atoms with Gasteiger partial charge in [0.25, 0.3) is 0 Å². The third-order valence-electron chi connectivity index (χ3n) is 2.94. The first kappa shape index (κ1) is 8.05. The first-order valence-corrected chi connectivity index (χ1v) is 4.85. The standard InChI is InChI=1S/C9H17N3/c1-7(10)12-6-11-8-4-2-3-5-9(8)12/h6-9H,2-5,10H2,1H3. The van der Waals surface area contributed by atoms with E-state index in [1.54, 1.807) is 0 Å². The van der Waals surface area contributed by atoms with Crippen LogP contribution in [0.15, 0.2) is 4.99 Å². The molecule has 0 amide bonds. The van der Waals surface area contributed by atoms with E-state index >= 15 is 0 Å². The number of hydrogen-bond acceptors (Lipinski definition) is 3. The monoisotopic (exact) mass is 167 g/mol. The quantitative estimate of drug-likeness (QED) is 0.631. The second-order valence-corrected chi connectivity index (χ2v) is 3.87. The lowest BCUT2D eigenvalue weighted by atomic mass is 9.91. The summed E-state index contributed by atoms with van der Waals surface area (Å²) in [5.74, 6) is 0. The smallest absolute Gasteiger partial charge is 0.0869 e. The van der Waals surface area contributed by atoms with Gasteiger partial charge in [0.2, 0.25) is 0 Å². The summed E-state index contributed by atoms with van der Waals surface area (Å²) in [4.78, 5) is 6.69. The van der Waals surface area contributed by atoms with Crippen LogP contribution in [0.4, 0.5) is 0 Å². The molecule has 1 heterocycles. The number of nitrogens with zero attached hydrogens (tertiary/aromatic N) is 2. The zero-order valence-electron chi connectivity index (χ0n) is 7.61. The van der Waals surface area contributed by atoms with E-state index < -0.39 is 0 Å². The van der Waals surface area contributed by atoms with Gasteiger partial charge in [-0.25, -0.2) is 0 Å². The maximum Gasteiger partial charge on any atom is 0.0869 e. The molecular weight excluding hydrogens is 150 g/mol. The maximum atomic E-state index is 5.84. The predicted molar refractivity (Wildman–Crippen MR) is 50.0 cm³/mol. The second kappa shape index (κ2) is 3.05. The van der Waals surface area contributed by atoms with Crippen molar-refractivity contribution < 1.29 is 0 Å². The summed E-state index contributed by atoms with van der Waals surface area (Å²) in [7, 11) is 0. The van der Waals surface area contributed by atoms with Crippen molar-refractivity contribution >= 4 is 6.34 Å². The summed E-state index contributed by atoms with van der Waals surface area (Å²) in [6, 6.07) is 1.16. The van der Waals surface area contributed by atoms with Crippen LogP contribution < -0.4 is 5.73 Å². The number of nitrogens with two attached hydrogens (primary N) is 1. The van der Waals surface area contributed by atoms with Crippen LogP contribution in [0.1, 0.15) is 32.6 Å². The molecule has 2 aliphatic rings. The minimum Gasteiger partial charge on any atom is -0.343 e. The molecule has 2 rings (SSSR count). The summed E-state index contributed by atoms with van der Waals surface area (Å²) in [5.41, 5.74) is 5.84. The van der Waals surface area contributed by atoms with E-state index in [-0.39, 0.29) is 6.17 Å². The largest absolute Gasteiger partial charge is 0.343 e. The van der Waals surface area contributed by atoms with Crippen LogP contribution in [0.3, 0.4) is 0 Å². The zero-order chi connectivity index (χ0) is 8.55. The van der Waals surface area contributed by atoms with Crippen LogP contribution >= 0.6 is 0 Å². The van der Waals surface area contributed by atoms with Crippen molar-refractivity contribution in [2.45, 2.75) is 50.9 Å². The van der Waals surface area contributed by atoms with Gasteiger partial charge in [-0.1, -0.05) is 12.8 Å². The van der Waals surface area contributed by atoms with Crippen molar-refractivity contribution in [3.63, 3.8) is 0 Å². The van der Waals surface area contributed by atoms with Gasteiger partial charge in [0, 0.05) is 0 Å². The normalized spacial score (nSPS) is 36.7. The summed E-state index contributed by atoms with van der Waals surface area (Å²) in [5, 5.41) is 0. The highest BCUT2D eigenvalue weighted by molar-refractivity contribution is 5.59. The lowest BCUT2D eigenvalue weighted by Crippen LogP contribution is -2.47. The molecule has 1 fully saturated rings. The number of hydrogen-bond donors (Lipinski definition) is 1. The Hall–Kier alpha value is -0.570. The minimum absolute atomic E-state index is 0.127. The Morgan fingerprint density at radius 3 is 3.00 bits per heavy atom. The predicted octanol–water partition coefficient (Wildman–Crippen LogP) is 0.946. The number of rotatable bonds is 1. The Labute approximate surface area is 73.6 Å². The molecule has 0 aromatic rings. The molecule has 3 nitrogen and oxygen atoms in total. The summed E-state index contributed by atoms with van der Waals surface area (Å²) >= 11 is 0. The van der Waals surface area contributed by atoms with Crippen molar-refractivity contribution in [3.05, 3.63) is 0 Å². The molecule has 12 heavy (non-hydrogen) atoms. The molecule has 0 spiro atoms. The van der Waals surface area contributed by atoms with E-state index in [0.717, 1.165) is 0 Å². The highest BCUT2D eigenvalue weighted by atomic mass is 15.3. The van der Waals surface area contributed by atoms with Crippen molar-refractivity contribution in [2.75, 3.05) is 0 Å².